The summed E-state index contributed by atoms with van der Waals surface area (Å²) >= 11 is 0. The van der Waals surface area contributed by atoms with Crippen LogP contribution in [0, 0.1) is 5.92 Å². The Morgan fingerprint density at radius 3 is 2.39 bits per heavy atom. The van der Waals surface area contributed by atoms with E-state index in [1.807, 2.05) is 48.5 Å². The third-order valence-electron chi connectivity index (χ3n) is 8.91. The van der Waals surface area contributed by atoms with Crippen molar-refractivity contribution in [2.45, 2.75) is 76.3 Å². The van der Waals surface area contributed by atoms with Crippen LogP contribution in [0.15, 0.2) is 48.5 Å². The molecule has 0 bridgehead atoms. The van der Waals surface area contributed by atoms with E-state index in [9.17, 15) is 9.59 Å². The molecule has 6 heteroatoms. The quantitative estimate of drug-likeness (QED) is 0.467. The Bertz CT molecular complexity index is 1090. The number of hydrogen-bond donors (Lipinski definition) is 1. The largest absolute Gasteiger partial charge is 0.497 e. The minimum absolute atomic E-state index is 0.0128. The van der Waals surface area contributed by atoms with E-state index in [-0.39, 0.29) is 23.9 Å². The number of benzene rings is 2. The molecule has 2 aliphatic heterocycles. The molecule has 2 atom stereocenters. The molecule has 2 heterocycles. The SMILES string of the molecule is COc1ccc(C2C(C(=O)NCCCN3CCC(C)CC3)c3ccccc3C(=O)N2C2CCCCC2)cc1. The van der Waals surface area contributed by atoms with Crippen molar-refractivity contribution < 1.29 is 14.3 Å². The summed E-state index contributed by atoms with van der Waals surface area (Å²) in [4.78, 5) is 32.6. The van der Waals surface area contributed by atoms with Gasteiger partial charge < -0.3 is 19.9 Å². The molecule has 2 amide bonds. The molecule has 204 valence electrons. The van der Waals surface area contributed by atoms with Gasteiger partial charge in [0.1, 0.15) is 5.75 Å². The van der Waals surface area contributed by atoms with E-state index in [2.05, 4.69) is 22.0 Å². The second-order valence-corrected chi connectivity index (χ2v) is 11.5. The third kappa shape index (κ3) is 5.75. The van der Waals surface area contributed by atoms with Gasteiger partial charge in [-0.2, -0.15) is 0 Å². The van der Waals surface area contributed by atoms with Gasteiger partial charge in [-0.05, 0) is 87.0 Å². The molecular formula is C32H43N3O3. The minimum atomic E-state index is -0.449. The van der Waals surface area contributed by atoms with E-state index in [1.54, 1.807) is 7.11 Å². The molecular weight excluding hydrogens is 474 g/mol. The van der Waals surface area contributed by atoms with Crippen LogP contribution >= 0.6 is 0 Å². The van der Waals surface area contributed by atoms with Gasteiger partial charge in [0, 0.05) is 18.2 Å². The first kappa shape index (κ1) is 26.7. The highest BCUT2D eigenvalue weighted by atomic mass is 16.5. The third-order valence-corrected chi connectivity index (χ3v) is 8.91. The van der Waals surface area contributed by atoms with Crippen LogP contribution in [0.1, 0.15) is 91.7 Å². The topological polar surface area (TPSA) is 61.9 Å². The highest BCUT2D eigenvalue weighted by Crippen LogP contribution is 2.46. The number of methoxy groups -OCH3 is 1. The van der Waals surface area contributed by atoms with E-state index in [4.69, 9.17) is 4.74 Å². The second-order valence-electron chi connectivity index (χ2n) is 11.5. The fourth-order valence-electron chi connectivity index (χ4n) is 6.66. The molecule has 2 unspecified atom stereocenters. The van der Waals surface area contributed by atoms with Gasteiger partial charge in [0.15, 0.2) is 0 Å². The number of likely N-dealkylation sites (tertiary alicyclic amines) is 1. The van der Waals surface area contributed by atoms with Crippen LogP contribution in [-0.2, 0) is 4.79 Å². The van der Waals surface area contributed by atoms with Crippen molar-refractivity contribution in [1.29, 1.82) is 0 Å². The Balaban J connectivity index is 1.41. The number of fused-ring (bicyclic) bond motifs is 1. The monoisotopic (exact) mass is 517 g/mol. The number of ether oxygens (including phenoxy) is 1. The first-order chi connectivity index (χ1) is 18.6. The fraction of sp³-hybridized carbons (Fsp3) is 0.562. The van der Waals surface area contributed by atoms with Gasteiger partial charge in [-0.15, -0.1) is 0 Å². The summed E-state index contributed by atoms with van der Waals surface area (Å²) in [6, 6.07) is 15.5. The molecule has 1 saturated heterocycles. The van der Waals surface area contributed by atoms with Crippen LogP contribution < -0.4 is 10.1 Å². The van der Waals surface area contributed by atoms with Crippen LogP contribution in [0.5, 0.6) is 5.75 Å². The Labute approximate surface area is 227 Å². The molecule has 6 nitrogen and oxygen atoms in total. The van der Waals surface area contributed by atoms with Gasteiger partial charge >= 0.3 is 0 Å². The summed E-state index contributed by atoms with van der Waals surface area (Å²) in [7, 11) is 1.66. The van der Waals surface area contributed by atoms with Crippen LogP contribution in [0.4, 0.5) is 0 Å². The molecule has 1 saturated carbocycles. The predicted octanol–water partition coefficient (Wildman–Crippen LogP) is 5.55. The van der Waals surface area contributed by atoms with Crippen molar-refractivity contribution in [3.05, 3.63) is 65.2 Å². The number of nitrogens with one attached hydrogen (secondary N) is 1. The number of carbonyl (C=O) groups is 2. The highest BCUT2D eigenvalue weighted by molar-refractivity contribution is 6.01. The van der Waals surface area contributed by atoms with Crippen molar-refractivity contribution in [2.24, 2.45) is 5.92 Å². The Morgan fingerprint density at radius 1 is 0.974 bits per heavy atom. The molecule has 0 radical (unpaired) electrons. The van der Waals surface area contributed by atoms with Crippen molar-refractivity contribution in [3.8, 4) is 5.75 Å². The average Bonchev–Trinajstić information content (AvgIpc) is 2.96. The lowest BCUT2D eigenvalue weighted by Crippen LogP contribution is -2.52. The summed E-state index contributed by atoms with van der Waals surface area (Å²) in [5, 5.41) is 3.27. The number of amides is 2. The van der Waals surface area contributed by atoms with Gasteiger partial charge in [0.05, 0.1) is 19.1 Å². The van der Waals surface area contributed by atoms with E-state index < -0.39 is 5.92 Å². The maximum atomic E-state index is 14.0. The molecule has 2 fully saturated rings. The zero-order valence-corrected chi connectivity index (χ0v) is 23.0. The van der Waals surface area contributed by atoms with E-state index >= 15 is 0 Å². The minimum Gasteiger partial charge on any atom is -0.497 e. The lowest BCUT2D eigenvalue weighted by Gasteiger charge is -2.46. The maximum Gasteiger partial charge on any atom is 0.254 e. The first-order valence-corrected chi connectivity index (χ1v) is 14.6. The molecule has 0 spiro atoms. The Morgan fingerprint density at radius 2 is 1.68 bits per heavy atom. The smallest absolute Gasteiger partial charge is 0.254 e. The zero-order chi connectivity index (χ0) is 26.5. The predicted molar refractivity (Wildman–Crippen MR) is 150 cm³/mol. The molecule has 2 aromatic carbocycles. The van der Waals surface area contributed by atoms with E-state index in [1.165, 1.54) is 19.3 Å². The number of carbonyl (C=O) groups excluding carboxylic acids is 2. The van der Waals surface area contributed by atoms with Gasteiger partial charge in [0.25, 0.3) is 5.91 Å². The molecule has 1 aliphatic carbocycles. The molecule has 2 aromatic rings. The summed E-state index contributed by atoms with van der Waals surface area (Å²) in [6.07, 6.45) is 8.90. The van der Waals surface area contributed by atoms with E-state index in [0.717, 1.165) is 74.5 Å². The molecule has 1 N–H and O–H groups in total. The van der Waals surface area contributed by atoms with Gasteiger partial charge in [-0.1, -0.05) is 56.5 Å². The van der Waals surface area contributed by atoms with Gasteiger partial charge in [-0.25, -0.2) is 0 Å². The fourth-order valence-corrected chi connectivity index (χ4v) is 6.66. The van der Waals surface area contributed by atoms with Gasteiger partial charge in [0.2, 0.25) is 5.91 Å². The number of hydrogen-bond acceptors (Lipinski definition) is 4. The lowest BCUT2D eigenvalue weighted by molar-refractivity contribution is -0.124. The summed E-state index contributed by atoms with van der Waals surface area (Å²) in [6.45, 7) is 6.31. The lowest BCUT2D eigenvalue weighted by atomic mass is 9.77. The average molecular weight is 518 g/mol. The second kappa shape index (κ2) is 12.3. The van der Waals surface area contributed by atoms with Crippen molar-refractivity contribution in [2.75, 3.05) is 33.3 Å². The van der Waals surface area contributed by atoms with Crippen LogP contribution in [0.25, 0.3) is 0 Å². The summed E-state index contributed by atoms with van der Waals surface area (Å²) in [5.74, 6) is 1.21. The van der Waals surface area contributed by atoms with Gasteiger partial charge in [-0.3, -0.25) is 9.59 Å². The summed E-state index contributed by atoms with van der Waals surface area (Å²) in [5.41, 5.74) is 2.50. The summed E-state index contributed by atoms with van der Waals surface area (Å²) < 4.78 is 5.41. The van der Waals surface area contributed by atoms with Crippen molar-refractivity contribution >= 4 is 11.8 Å². The first-order valence-electron chi connectivity index (χ1n) is 14.6. The van der Waals surface area contributed by atoms with Crippen molar-refractivity contribution in [3.63, 3.8) is 0 Å². The molecule has 0 aromatic heterocycles. The number of piperidine rings is 1. The zero-order valence-electron chi connectivity index (χ0n) is 23.0. The standard InChI is InChI=1S/C32H43N3O3/c1-23-17-21-34(22-18-23)20-8-19-33-31(36)29-27-11-6-7-12-28(27)32(37)35(25-9-4-3-5-10-25)30(29)24-13-15-26(38-2)16-14-24/h6-7,11-16,23,25,29-30H,3-5,8-10,17-22H2,1-2H3,(H,33,36). The normalized spacial score (nSPS) is 23.2. The van der Waals surface area contributed by atoms with Crippen molar-refractivity contribution in [1.82, 2.24) is 15.1 Å². The maximum absolute atomic E-state index is 14.0. The molecule has 5 rings (SSSR count). The highest BCUT2D eigenvalue weighted by Gasteiger charge is 2.46. The van der Waals surface area contributed by atoms with Crippen LogP contribution in [-0.4, -0.2) is 60.9 Å². The number of rotatable bonds is 8. The van der Waals surface area contributed by atoms with E-state index in [0.29, 0.717) is 12.1 Å². The van der Waals surface area contributed by atoms with Crippen LogP contribution in [0.3, 0.4) is 0 Å². The molecule has 3 aliphatic rings. The Kier molecular flexibility index (Phi) is 8.68. The molecule has 38 heavy (non-hydrogen) atoms. The Hall–Kier alpha value is -2.86. The number of nitrogens with zero attached hydrogens (tertiary/aromatic N) is 2. The van der Waals surface area contributed by atoms with Crippen LogP contribution in [0.2, 0.25) is 0 Å².